The molecule has 0 aromatic heterocycles. The third-order valence-corrected chi connectivity index (χ3v) is 6.72. The van der Waals surface area contributed by atoms with E-state index in [1.54, 1.807) is 7.05 Å². The molecule has 2 heterocycles. The Morgan fingerprint density at radius 2 is 2.04 bits per heavy atom. The molecule has 25 heavy (non-hydrogen) atoms. The Labute approximate surface area is 174 Å². The maximum atomic E-state index is 11.5. The van der Waals surface area contributed by atoms with Crippen LogP contribution in [-0.4, -0.2) is 86.5 Å². The summed E-state index contributed by atoms with van der Waals surface area (Å²) >= 11 is 2.04. The highest BCUT2D eigenvalue weighted by Gasteiger charge is 2.37. The monoisotopic (exact) mass is 483 g/mol. The molecule has 0 radical (unpaired) electrons. The van der Waals surface area contributed by atoms with E-state index in [4.69, 9.17) is 0 Å². The zero-order valence-electron chi connectivity index (χ0n) is 16.0. The van der Waals surface area contributed by atoms with Gasteiger partial charge in [-0.05, 0) is 45.0 Å². The fourth-order valence-corrected chi connectivity index (χ4v) is 5.09. The Hall–Kier alpha value is -0.220. The van der Waals surface area contributed by atoms with Crippen LogP contribution in [0.3, 0.4) is 0 Å². The molecule has 0 spiro atoms. The Morgan fingerprint density at radius 3 is 2.52 bits per heavy atom. The average molecular weight is 483 g/mol. The summed E-state index contributed by atoms with van der Waals surface area (Å²) < 4.78 is 0. The quantitative estimate of drug-likeness (QED) is 0.353. The minimum Gasteiger partial charge on any atom is -0.359 e. The molecule has 146 valence electrons. The fourth-order valence-electron chi connectivity index (χ4n) is 3.54. The summed E-state index contributed by atoms with van der Waals surface area (Å²) in [4.78, 5) is 20.7. The Kier molecular flexibility index (Phi) is 9.87. The van der Waals surface area contributed by atoms with E-state index in [2.05, 4.69) is 39.5 Å². The average Bonchev–Trinajstić information content (AvgIpc) is 3.07. The number of likely N-dealkylation sites (N-methyl/N-ethyl adjacent to an activating group) is 1. The predicted molar refractivity (Wildman–Crippen MR) is 118 cm³/mol. The smallest absolute Gasteiger partial charge is 0.220 e. The lowest BCUT2D eigenvalue weighted by molar-refractivity contribution is -0.121. The minimum absolute atomic E-state index is 0. The molecule has 0 aliphatic carbocycles. The zero-order valence-corrected chi connectivity index (χ0v) is 19.2. The number of thioether (sulfide) groups is 1. The van der Waals surface area contributed by atoms with Crippen LogP contribution in [0.4, 0.5) is 0 Å². The van der Waals surface area contributed by atoms with Crippen LogP contribution in [0.15, 0.2) is 4.99 Å². The van der Waals surface area contributed by atoms with Gasteiger partial charge in [0, 0.05) is 51.4 Å². The molecule has 6 nitrogen and oxygen atoms in total. The van der Waals surface area contributed by atoms with Crippen molar-refractivity contribution >= 4 is 47.6 Å². The van der Waals surface area contributed by atoms with Crippen molar-refractivity contribution in [3.05, 3.63) is 0 Å². The van der Waals surface area contributed by atoms with Gasteiger partial charge in [0.05, 0.1) is 0 Å². The van der Waals surface area contributed by atoms with Crippen molar-refractivity contribution in [2.45, 2.75) is 31.2 Å². The molecular weight excluding hydrogens is 449 g/mol. The molecule has 2 aliphatic heterocycles. The van der Waals surface area contributed by atoms with Crippen LogP contribution in [-0.2, 0) is 4.79 Å². The van der Waals surface area contributed by atoms with Crippen molar-refractivity contribution in [2.75, 3.05) is 59.3 Å². The molecular formula is C17H34IN5OS. The van der Waals surface area contributed by atoms with Crippen molar-refractivity contribution in [3.63, 3.8) is 0 Å². The molecule has 0 bridgehead atoms. The van der Waals surface area contributed by atoms with Gasteiger partial charge in [0.25, 0.3) is 0 Å². The SMILES string of the molecule is CN=C(NCC1(N(C)C)CCSC1)N1CCC(CC(=O)NC)CC1.I. The first kappa shape index (κ1) is 22.8. The molecule has 0 aromatic rings. The number of guanidine groups is 1. The Morgan fingerprint density at radius 1 is 1.36 bits per heavy atom. The molecule has 2 aliphatic rings. The maximum absolute atomic E-state index is 11.5. The highest BCUT2D eigenvalue weighted by molar-refractivity contribution is 14.0. The van der Waals surface area contributed by atoms with Crippen LogP contribution in [0.5, 0.6) is 0 Å². The summed E-state index contributed by atoms with van der Waals surface area (Å²) in [6.45, 7) is 2.90. The molecule has 2 fully saturated rings. The highest BCUT2D eigenvalue weighted by Crippen LogP contribution is 2.31. The molecule has 0 saturated carbocycles. The van der Waals surface area contributed by atoms with E-state index in [1.165, 1.54) is 17.9 Å². The lowest BCUT2D eigenvalue weighted by Gasteiger charge is -2.39. The van der Waals surface area contributed by atoms with Gasteiger partial charge in [-0.3, -0.25) is 9.79 Å². The first-order valence-electron chi connectivity index (χ1n) is 8.92. The second-order valence-electron chi connectivity index (χ2n) is 7.13. The van der Waals surface area contributed by atoms with Crippen molar-refractivity contribution < 1.29 is 4.79 Å². The zero-order chi connectivity index (χ0) is 17.6. The normalized spacial score (nSPS) is 25.0. The fraction of sp³-hybridized carbons (Fsp3) is 0.882. The molecule has 2 N–H and O–H groups in total. The van der Waals surface area contributed by atoms with Gasteiger partial charge >= 0.3 is 0 Å². The van der Waals surface area contributed by atoms with Gasteiger partial charge in [0.1, 0.15) is 0 Å². The van der Waals surface area contributed by atoms with Gasteiger partial charge in [0.15, 0.2) is 5.96 Å². The number of halogens is 1. The standard InChI is InChI=1S/C17H33N5OS.HI/c1-18-15(23)11-14-5-8-22(9-6-14)16(19-2)20-12-17(21(3)4)7-10-24-13-17;/h14H,5-13H2,1-4H3,(H,18,23)(H,19,20);1H. The number of carbonyl (C=O) groups is 1. The van der Waals surface area contributed by atoms with Crippen LogP contribution in [0.2, 0.25) is 0 Å². The third kappa shape index (κ3) is 6.16. The van der Waals surface area contributed by atoms with Crippen molar-refractivity contribution in [2.24, 2.45) is 10.9 Å². The number of piperidine rings is 1. The second-order valence-corrected chi connectivity index (χ2v) is 8.24. The first-order valence-corrected chi connectivity index (χ1v) is 10.1. The van der Waals surface area contributed by atoms with Gasteiger partial charge in [-0.15, -0.1) is 24.0 Å². The number of amides is 1. The van der Waals surface area contributed by atoms with Crippen molar-refractivity contribution in [3.8, 4) is 0 Å². The van der Waals surface area contributed by atoms with E-state index < -0.39 is 0 Å². The number of aliphatic imine (C=N–C) groups is 1. The Balaban J connectivity index is 0.00000312. The highest BCUT2D eigenvalue weighted by atomic mass is 127. The van der Waals surface area contributed by atoms with E-state index in [9.17, 15) is 4.79 Å². The van der Waals surface area contributed by atoms with E-state index in [1.807, 2.05) is 18.8 Å². The maximum Gasteiger partial charge on any atom is 0.220 e. The number of nitrogens with zero attached hydrogens (tertiary/aromatic N) is 3. The summed E-state index contributed by atoms with van der Waals surface area (Å²) in [7, 11) is 7.94. The van der Waals surface area contributed by atoms with Gasteiger partial charge in [-0.2, -0.15) is 11.8 Å². The summed E-state index contributed by atoms with van der Waals surface area (Å²) in [5.74, 6) is 4.08. The molecule has 2 saturated heterocycles. The second kappa shape index (κ2) is 10.8. The number of hydrogen-bond donors (Lipinski definition) is 2. The predicted octanol–water partition coefficient (Wildman–Crippen LogP) is 1.47. The van der Waals surface area contributed by atoms with Gasteiger partial charge in [-0.25, -0.2) is 0 Å². The molecule has 2 rings (SSSR count). The molecule has 0 aromatic carbocycles. The lowest BCUT2D eigenvalue weighted by atomic mass is 9.93. The van der Waals surface area contributed by atoms with Crippen LogP contribution in [0.1, 0.15) is 25.7 Å². The van der Waals surface area contributed by atoms with Gasteiger partial charge < -0.3 is 20.4 Å². The number of rotatable bonds is 5. The van der Waals surface area contributed by atoms with E-state index >= 15 is 0 Å². The first-order chi connectivity index (χ1) is 11.5. The van der Waals surface area contributed by atoms with Crippen molar-refractivity contribution in [1.29, 1.82) is 0 Å². The number of nitrogens with one attached hydrogen (secondary N) is 2. The molecule has 1 atom stereocenters. The molecule has 8 heteroatoms. The summed E-state index contributed by atoms with van der Waals surface area (Å²) in [5.41, 5.74) is 0.234. The molecule has 1 amide bonds. The number of carbonyl (C=O) groups excluding carboxylic acids is 1. The third-order valence-electron chi connectivity index (χ3n) is 5.49. The van der Waals surface area contributed by atoms with Crippen molar-refractivity contribution in [1.82, 2.24) is 20.4 Å². The van der Waals surface area contributed by atoms with Crippen LogP contribution >= 0.6 is 35.7 Å². The Bertz CT molecular complexity index is 446. The lowest BCUT2D eigenvalue weighted by Crippen LogP contribution is -2.56. The molecule has 1 unspecified atom stereocenters. The van der Waals surface area contributed by atoms with Gasteiger partial charge in [0.2, 0.25) is 5.91 Å². The summed E-state index contributed by atoms with van der Waals surface area (Å²) in [6.07, 6.45) is 3.99. The van der Waals surface area contributed by atoms with E-state index in [0.29, 0.717) is 12.3 Å². The van der Waals surface area contributed by atoms with E-state index in [0.717, 1.165) is 38.4 Å². The van der Waals surface area contributed by atoms with Crippen LogP contribution in [0.25, 0.3) is 0 Å². The van der Waals surface area contributed by atoms with Gasteiger partial charge in [-0.1, -0.05) is 0 Å². The minimum atomic E-state index is 0. The van der Waals surface area contributed by atoms with Crippen LogP contribution in [0, 0.1) is 5.92 Å². The number of hydrogen-bond acceptors (Lipinski definition) is 4. The number of likely N-dealkylation sites (tertiary alicyclic amines) is 1. The topological polar surface area (TPSA) is 60.0 Å². The van der Waals surface area contributed by atoms with E-state index in [-0.39, 0.29) is 35.4 Å². The summed E-state index contributed by atoms with van der Waals surface area (Å²) in [6, 6.07) is 0. The summed E-state index contributed by atoms with van der Waals surface area (Å²) in [5, 5.41) is 6.34. The van der Waals surface area contributed by atoms with Crippen LogP contribution < -0.4 is 10.6 Å². The largest absolute Gasteiger partial charge is 0.359 e.